The van der Waals surface area contributed by atoms with E-state index in [-0.39, 0.29) is 130 Å². The molecule has 0 spiro atoms. The van der Waals surface area contributed by atoms with Gasteiger partial charge in [-0.05, 0) is 197 Å². The van der Waals surface area contributed by atoms with Crippen molar-refractivity contribution >= 4 is 92.1 Å². The van der Waals surface area contributed by atoms with Gasteiger partial charge < -0.3 is 36.8 Å². The maximum Gasteiger partial charge on any atom is 0.279 e. The fourth-order valence-corrected chi connectivity index (χ4v) is 19.8. The molecule has 3 saturated carbocycles. The average molecular weight is 1850 g/mol. The molecule has 0 aromatic carbocycles. The lowest BCUT2D eigenvalue weighted by molar-refractivity contribution is -0.131. The minimum Gasteiger partial charge on any atom is -0.388 e. The fourth-order valence-electron chi connectivity index (χ4n) is 16.0. The summed E-state index contributed by atoms with van der Waals surface area (Å²) in [4.78, 5) is 80.4. The fraction of sp³-hybridized carbons (Fsp3) is 0.833. The van der Waals surface area contributed by atoms with Crippen molar-refractivity contribution in [1.82, 2.24) is 36.8 Å². The van der Waals surface area contributed by atoms with E-state index in [0.29, 0.717) is 68.2 Å². The van der Waals surface area contributed by atoms with Gasteiger partial charge >= 0.3 is 0 Å². The molecular formula is C108H209N7O7S4. The highest BCUT2D eigenvalue weighted by atomic mass is 32.2. The highest BCUT2D eigenvalue weighted by Crippen LogP contribution is 2.46. The van der Waals surface area contributed by atoms with Crippen LogP contribution in [0.15, 0.2) is 60.0 Å². The first-order chi connectivity index (χ1) is 54.1. The standard InChI is InChI=1S/C10H18.C9H17N.C9H15N.C9H16S.2C9H18.C8H13NO2.3C8H15NO.C8H12OS2.C7H13NOS.6CH4/c1-8-5-6-9(7-8)10(2,3)4;3*1-7-5-8(6-10-7)9(2,3)4;2*1-9(2,3)8-6-4-5-7-8;1-8(2,3)7-5(10)4-6(11)9-7;1-8(2,3)6-4-7(10)9-5-6;1-8(2,3)6-4-5-9-7(6)10;1-8(2,3)9-6-4-5-7(9)10;1-8(2,3)7-5(9)4-6(10)11-7;1-7(2,3)5-4-8-6(9)10-5;;;;;;/h9H,1,5-7H2,2-4H3;8,10H,1,5-6H2,2-4H3;6,10H,1,5H2,2-4H3;8H,1,5-6H2,2-4H3;2*8H,4-7H2,1-3H3;7H,4H2,1-3H3,(H,9,11);2*6H,4-5H2,1-3H3,(H,9,10);4-6H2,1-3H3;7H,4H2,1-3H3;5H,4H2,1-3H3,(H,8,9);6*1H4. The van der Waals surface area contributed by atoms with Crippen LogP contribution < -0.4 is 31.9 Å². The number of Topliss-reactive ketones (excluding diaryl/α,β-unsaturated/α-hetero) is 2. The summed E-state index contributed by atoms with van der Waals surface area (Å²) in [5.41, 5.74) is 8.70. The lowest BCUT2D eigenvalue weighted by Crippen LogP contribution is -2.41. The lowest BCUT2D eigenvalue weighted by Gasteiger charge is -2.31. The first-order valence-electron chi connectivity index (χ1n) is 45.9. The number of amides is 5. The van der Waals surface area contributed by atoms with E-state index in [1.165, 1.54) is 116 Å². The summed E-state index contributed by atoms with van der Waals surface area (Å²) >= 11 is 9.91. The topological polar surface area (TPSA) is 195 Å². The van der Waals surface area contributed by atoms with Gasteiger partial charge in [0.15, 0.2) is 11.6 Å². The number of carbonyl (C=O) groups is 7. The van der Waals surface area contributed by atoms with E-state index < -0.39 is 0 Å². The first-order valence-corrected chi connectivity index (χ1v) is 49.1. The third-order valence-corrected chi connectivity index (χ3v) is 30.1. The number of carbonyl (C=O) groups excluding carboxylic acids is 7. The summed E-state index contributed by atoms with van der Waals surface area (Å²) in [5.74, 6) is 7.50. The van der Waals surface area contributed by atoms with Crippen molar-refractivity contribution in [2.45, 2.75) is 444 Å². The SMILES string of the molecule is C.C.C.C.C.C.C=C1CC(C(C)(C)C)=CN1.C=C1CC(C(C)(C)C)CN1.C=C1CC(C(C)(C)C)CS1.C=C1CCC(C(C)(C)C)C1.CC(C)(C)C1CCCC1.CC(C)(C)C1CCCC1.CC(C)(C)C1CCNC1=O.CC(C)(C)C1CNC(=O)C1.CC(C)(C)C1CNC(=O)S1.CC(C)(C)C1NC(=O)CC1=O.CC(C)(C)C1SC(=S)CC1=O.CC(C)(C)N1CCCC1=O. The van der Waals surface area contributed by atoms with Crippen molar-refractivity contribution in [3.05, 3.63) is 60.0 Å². The Morgan fingerprint density at radius 2 is 0.865 bits per heavy atom. The van der Waals surface area contributed by atoms with Crippen LogP contribution in [0.4, 0.5) is 4.79 Å². The monoisotopic (exact) mass is 1840 g/mol. The molecule has 8 unspecified atom stereocenters. The second-order valence-electron chi connectivity index (χ2n) is 48.9. The highest BCUT2D eigenvalue weighted by molar-refractivity contribution is 8.24. The number of hydrogen-bond acceptors (Lipinski definition) is 13. The molecule has 8 atom stereocenters. The summed E-state index contributed by atoms with van der Waals surface area (Å²) in [7, 11) is 0. The molecule has 126 heavy (non-hydrogen) atoms. The Kier molecular flexibility index (Phi) is 59.4. The predicted molar refractivity (Wildman–Crippen MR) is 568 cm³/mol. The summed E-state index contributed by atoms with van der Waals surface area (Å²) in [6.45, 7) is 99.7. The zero-order chi connectivity index (χ0) is 93.3. The van der Waals surface area contributed by atoms with Crippen molar-refractivity contribution in [3.63, 3.8) is 0 Å². The molecule has 6 N–H and O–H groups in total. The van der Waals surface area contributed by atoms with Gasteiger partial charge in [0, 0.05) is 98.5 Å². The molecule has 0 aromatic heterocycles. The largest absolute Gasteiger partial charge is 0.388 e. The number of nitrogens with zero attached hydrogens (tertiary/aromatic N) is 1. The smallest absolute Gasteiger partial charge is 0.279 e. The van der Waals surface area contributed by atoms with Crippen LogP contribution in [-0.4, -0.2) is 110 Å². The maximum absolute atomic E-state index is 11.3. The Bertz CT molecular complexity index is 3030. The minimum absolute atomic E-state index is 0. The average Bonchev–Trinajstić information content (AvgIpc) is 1.69. The van der Waals surface area contributed by atoms with Crippen LogP contribution in [0.5, 0.6) is 0 Å². The van der Waals surface area contributed by atoms with Gasteiger partial charge in [0.05, 0.1) is 21.9 Å². The Labute approximate surface area is 800 Å². The molecule has 9 aliphatic heterocycles. The zero-order valence-corrected chi connectivity index (χ0v) is 87.3. The Morgan fingerprint density at radius 3 is 1.04 bits per heavy atom. The van der Waals surface area contributed by atoms with Crippen LogP contribution in [0.25, 0.3) is 0 Å². The molecular weight excluding hydrogens is 1640 g/mol. The number of likely N-dealkylation sites (tertiary alicyclic amines) is 1. The van der Waals surface area contributed by atoms with Crippen molar-refractivity contribution < 1.29 is 33.6 Å². The summed E-state index contributed by atoms with van der Waals surface area (Å²) < 4.78 is 0.856. The van der Waals surface area contributed by atoms with E-state index in [4.69, 9.17) is 12.2 Å². The molecule has 0 aromatic rings. The van der Waals surface area contributed by atoms with Crippen molar-refractivity contribution in [2.24, 2.45) is 101 Å². The van der Waals surface area contributed by atoms with Crippen molar-refractivity contribution in [1.29, 1.82) is 0 Å². The number of hydrogen-bond donors (Lipinski definition) is 6. The van der Waals surface area contributed by atoms with E-state index >= 15 is 0 Å². The Balaban J connectivity index is -0.000000310. The number of nitrogens with one attached hydrogen (secondary N) is 6. The number of ketones is 2. The second-order valence-corrected chi connectivity index (χ2v) is 53.2. The van der Waals surface area contributed by atoms with Crippen molar-refractivity contribution in [2.75, 3.05) is 38.5 Å². The number of thioether (sulfide) groups is 3. The van der Waals surface area contributed by atoms with Crippen LogP contribution in [-0.2, 0) is 28.8 Å². The lowest BCUT2D eigenvalue weighted by atomic mass is 9.80. The van der Waals surface area contributed by atoms with Gasteiger partial charge in [-0.1, -0.05) is 355 Å². The number of allylic oxidation sites excluding steroid dienone is 4. The summed E-state index contributed by atoms with van der Waals surface area (Å²) in [5, 5.41) is 18.2. The molecule has 3 aliphatic carbocycles. The van der Waals surface area contributed by atoms with Gasteiger partial charge in [-0.25, -0.2) is 0 Å². The van der Waals surface area contributed by atoms with Crippen LogP contribution in [0.3, 0.4) is 0 Å². The summed E-state index contributed by atoms with van der Waals surface area (Å²) in [6.07, 6.45) is 25.2. The van der Waals surface area contributed by atoms with E-state index in [9.17, 15) is 33.6 Å². The van der Waals surface area contributed by atoms with Crippen LogP contribution in [0.1, 0.15) is 422 Å². The summed E-state index contributed by atoms with van der Waals surface area (Å²) in [6, 6.07) is -0.282. The number of rotatable bonds is 0. The molecule has 18 heteroatoms. The van der Waals surface area contributed by atoms with Gasteiger partial charge in [0.1, 0.15) is 0 Å². The number of thiocarbonyl (C=S) groups is 1. The van der Waals surface area contributed by atoms with Crippen LogP contribution in [0, 0.1) is 101 Å². The third-order valence-electron chi connectivity index (χ3n) is 25.4. The van der Waals surface area contributed by atoms with Crippen LogP contribution in [0.2, 0.25) is 0 Å². The molecule has 12 rings (SSSR count). The molecule has 14 nitrogen and oxygen atoms in total. The quantitative estimate of drug-likeness (QED) is 0.0763. The molecule has 11 fully saturated rings. The predicted octanol–water partition coefficient (Wildman–Crippen LogP) is 30.1. The normalized spacial score (nSPS) is 23.7. The molecule has 5 amide bonds. The van der Waals surface area contributed by atoms with E-state index in [1.54, 1.807) is 11.8 Å². The first kappa shape index (κ1) is 133. The van der Waals surface area contributed by atoms with Gasteiger partial charge in [0.25, 0.3) is 5.24 Å². The molecule has 742 valence electrons. The van der Waals surface area contributed by atoms with E-state index in [1.807, 2.05) is 37.4 Å². The van der Waals surface area contributed by atoms with Gasteiger partial charge in [-0.2, -0.15) is 0 Å². The van der Waals surface area contributed by atoms with Gasteiger partial charge in [0.2, 0.25) is 23.6 Å². The Hall–Kier alpha value is -3.87. The van der Waals surface area contributed by atoms with Crippen LogP contribution >= 0.6 is 47.5 Å². The van der Waals surface area contributed by atoms with Crippen molar-refractivity contribution in [3.8, 4) is 0 Å². The maximum atomic E-state index is 11.3. The highest BCUT2D eigenvalue weighted by Gasteiger charge is 2.42. The second kappa shape index (κ2) is 56.3. The van der Waals surface area contributed by atoms with Gasteiger partial charge in [-0.15, -0.1) is 23.5 Å². The van der Waals surface area contributed by atoms with Gasteiger partial charge in [-0.3, -0.25) is 33.6 Å². The molecule has 8 saturated heterocycles. The molecule has 0 bridgehead atoms. The van der Waals surface area contributed by atoms with E-state index in [0.717, 1.165) is 104 Å². The van der Waals surface area contributed by atoms with E-state index in [2.05, 4.69) is 293 Å². The molecule has 12 aliphatic rings. The zero-order valence-electron chi connectivity index (χ0n) is 84.0. The molecule has 9 heterocycles. The third kappa shape index (κ3) is 52.5. The minimum atomic E-state index is -0.282. The Morgan fingerprint density at radius 1 is 0.405 bits per heavy atom. The molecule has 0 radical (unpaired) electrons.